The normalized spacial score (nSPS) is 11.7. The van der Waals surface area contributed by atoms with Crippen molar-refractivity contribution in [2.24, 2.45) is 5.92 Å². The van der Waals surface area contributed by atoms with Gasteiger partial charge in [0, 0.05) is 35.8 Å². The first-order valence-corrected chi connectivity index (χ1v) is 12.0. The standard InChI is InChI=1S/C21H25N3O4S2/c1-4-19-22-9-10-24(19)13-15-5-7-16(8-6-15)18-12-17(11-14(2)3)29-20(18)30(27,28)23-21(25)26/h5-10,12,14,23H,4,11,13H2,1-3H3,(H,25,26). The van der Waals surface area contributed by atoms with Crippen LogP contribution in [0.5, 0.6) is 0 Å². The van der Waals surface area contributed by atoms with Crippen molar-refractivity contribution < 1.29 is 18.3 Å². The molecule has 9 heteroatoms. The number of nitrogens with one attached hydrogen (secondary N) is 1. The molecule has 0 unspecified atom stereocenters. The Morgan fingerprint density at radius 1 is 1.27 bits per heavy atom. The van der Waals surface area contributed by atoms with E-state index >= 15 is 0 Å². The van der Waals surface area contributed by atoms with E-state index in [2.05, 4.69) is 30.3 Å². The summed E-state index contributed by atoms with van der Waals surface area (Å²) in [6.45, 7) is 6.84. The third-order valence-corrected chi connectivity index (χ3v) is 7.57. The quantitative estimate of drug-likeness (QED) is 0.534. The highest BCUT2D eigenvalue weighted by molar-refractivity contribution is 7.92. The number of imidazole rings is 1. The van der Waals surface area contributed by atoms with E-state index in [1.807, 2.05) is 36.5 Å². The van der Waals surface area contributed by atoms with Crippen LogP contribution in [0.25, 0.3) is 11.1 Å². The van der Waals surface area contributed by atoms with Crippen LogP contribution in [-0.2, 0) is 29.4 Å². The molecule has 160 valence electrons. The first-order valence-electron chi connectivity index (χ1n) is 9.67. The van der Waals surface area contributed by atoms with Crippen LogP contribution in [0.15, 0.2) is 46.9 Å². The number of hydrogen-bond donors (Lipinski definition) is 2. The lowest BCUT2D eigenvalue weighted by Crippen LogP contribution is -2.28. The number of carboxylic acid groups (broad SMARTS) is 1. The highest BCUT2D eigenvalue weighted by Crippen LogP contribution is 2.36. The van der Waals surface area contributed by atoms with E-state index in [-0.39, 0.29) is 4.21 Å². The number of sulfonamides is 1. The number of nitrogens with zero attached hydrogens (tertiary/aromatic N) is 2. The zero-order chi connectivity index (χ0) is 21.9. The van der Waals surface area contributed by atoms with Crippen LogP contribution in [0.1, 0.15) is 37.0 Å². The second-order valence-corrected chi connectivity index (χ2v) is 10.5. The molecule has 3 aromatic rings. The summed E-state index contributed by atoms with van der Waals surface area (Å²) < 4.78 is 28.9. The monoisotopic (exact) mass is 447 g/mol. The maximum Gasteiger partial charge on any atom is 0.418 e. The largest absolute Gasteiger partial charge is 0.464 e. The lowest BCUT2D eigenvalue weighted by atomic mass is 10.0. The minimum Gasteiger partial charge on any atom is -0.464 e. The number of benzene rings is 1. The summed E-state index contributed by atoms with van der Waals surface area (Å²) >= 11 is 1.12. The number of thiophene rings is 1. The second kappa shape index (κ2) is 9.01. The summed E-state index contributed by atoms with van der Waals surface area (Å²) in [6.07, 6.45) is 3.69. The van der Waals surface area contributed by atoms with Crippen LogP contribution in [-0.4, -0.2) is 29.2 Å². The molecule has 0 saturated carbocycles. The van der Waals surface area contributed by atoms with Gasteiger partial charge in [-0.1, -0.05) is 45.0 Å². The smallest absolute Gasteiger partial charge is 0.418 e. The summed E-state index contributed by atoms with van der Waals surface area (Å²) in [5.74, 6) is 1.35. The number of amides is 1. The first kappa shape index (κ1) is 22.0. The van der Waals surface area contributed by atoms with Gasteiger partial charge in [-0.3, -0.25) is 0 Å². The van der Waals surface area contributed by atoms with Crippen molar-refractivity contribution in [1.29, 1.82) is 0 Å². The Morgan fingerprint density at radius 3 is 2.57 bits per heavy atom. The lowest BCUT2D eigenvalue weighted by molar-refractivity contribution is 0.201. The Kier molecular flexibility index (Phi) is 6.62. The molecule has 7 nitrogen and oxygen atoms in total. The number of rotatable bonds is 8. The average molecular weight is 448 g/mol. The predicted molar refractivity (Wildman–Crippen MR) is 117 cm³/mol. The van der Waals surface area contributed by atoms with Gasteiger partial charge in [-0.25, -0.2) is 22.9 Å². The van der Waals surface area contributed by atoms with Crippen LogP contribution >= 0.6 is 11.3 Å². The van der Waals surface area contributed by atoms with Crippen LogP contribution in [0, 0.1) is 5.92 Å². The van der Waals surface area contributed by atoms with Crippen LogP contribution in [0.2, 0.25) is 0 Å². The molecule has 0 aliphatic rings. The van der Waals surface area contributed by atoms with E-state index in [1.54, 1.807) is 10.9 Å². The van der Waals surface area contributed by atoms with E-state index in [0.717, 1.165) is 46.0 Å². The summed E-state index contributed by atoms with van der Waals surface area (Å²) in [5.41, 5.74) is 2.32. The summed E-state index contributed by atoms with van der Waals surface area (Å²) in [7, 11) is -4.16. The third-order valence-electron chi connectivity index (χ3n) is 4.56. The van der Waals surface area contributed by atoms with Crippen molar-refractivity contribution in [2.75, 3.05) is 0 Å². The van der Waals surface area contributed by atoms with E-state index in [4.69, 9.17) is 5.11 Å². The number of carbonyl (C=O) groups is 1. The van der Waals surface area contributed by atoms with Gasteiger partial charge in [-0.2, -0.15) is 0 Å². The molecule has 0 aliphatic heterocycles. The first-order chi connectivity index (χ1) is 14.2. The number of aromatic nitrogens is 2. The zero-order valence-corrected chi connectivity index (χ0v) is 18.8. The Morgan fingerprint density at radius 2 is 1.97 bits per heavy atom. The van der Waals surface area contributed by atoms with Crippen molar-refractivity contribution in [1.82, 2.24) is 14.3 Å². The molecule has 30 heavy (non-hydrogen) atoms. The molecule has 1 amide bonds. The van der Waals surface area contributed by atoms with Gasteiger partial charge in [0.15, 0.2) is 0 Å². The molecule has 2 aromatic heterocycles. The van der Waals surface area contributed by atoms with Gasteiger partial charge in [0.05, 0.1) is 0 Å². The van der Waals surface area contributed by atoms with Crippen LogP contribution in [0.3, 0.4) is 0 Å². The number of hydrogen-bond acceptors (Lipinski definition) is 5. The van der Waals surface area contributed by atoms with Gasteiger partial charge in [-0.15, -0.1) is 11.3 Å². The maximum atomic E-state index is 12.6. The van der Waals surface area contributed by atoms with E-state index in [1.165, 1.54) is 0 Å². The highest BCUT2D eigenvalue weighted by atomic mass is 32.2. The minimum atomic E-state index is -4.16. The molecular formula is C21H25N3O4S2. The minimum absolute atomic E-state index is 0.0242. The lowest BCUT2D eigenvalue weighted by Gasteiger charge is -2.09. The van der Waals surface area contributed by atoms with Gasteiger partial charge < -0.3 is 9.67 Å². The Balaban J connectivity index is 1.95. The molecule has 0 radical (unpaired) electrons. The molecule has 0 spiro atoms. The van der Waals surface area contributed by atoms with Gasteiger partial charge in [0.25, 0.3) is 10.0 Å². The van der Waals surface area contributed by atoms with Gasteiger partial charge in [0.1, 0.15) is 10.0 Å². The molecule has 0 aliphatic carbocycles. The summed E-state index contributed by atoms with van der Waals surface area (Å²) in [4.78, 5) is 16.2. The van der Waals surface area contributed by atoms with Crippen molar-refractivity contribution in [3.05, 3.63) is 59.0 Å². The molecular weight excluding hydrogens is 422 g/mol. The van der Waals surface area contributed by atoms with E-state index in [9.17, 15) is 13.2 Å². The molecule has 0 fully saturated rings. The fourth-order valence-electron chi connectivity index (χ4n) is 3.27. The van der Waals surface area contributed by atoms with Gasteiger partial charge in [0.2, 0.25) is 0 Å². The highest BCUT2D eigenvalue weighted by Gasteiger charge is 2.25. The second-order valence-electron chi connectivity index (χ2n) is 7.44. The van der Waals surface area contributed by atoms with Crippen molar-refractivity contribution in [2.45, 2.75) is 44.4 Å². The zero-order valence-electron chi connectivity index (χ0n) is 17.1. The Labute approximate surface area is 180 Å². The molecule has 2 heterocycles. The molecule has 0 bridgehead atoms. The molecule has 2 N–H and O–H groups in total. The van der Waals surface area contributed by atoms with Crippen molar-refractivity contribution in [3.63, 3.8) is 0 Å². The SMILES string of the molecule is CCc1nccn1Cc1ccc(-c2cc(CC(C)C)sc2S(=O)(=O)NC(=O)O)cc1. The molecule has 3 rings (SSSR count). The van der Waals surface area contributed by atoms with Crippen molar-refractivity contribution >= 4 is 27.5 Å². The van der Waals surface area contributed by atoms with Crippen LogP contribution in [0.4, 0.5) is 4.79 Å². The summed E-state index contributed by atoms with van der Waals surface area (Å²) in [5, 5.41) is 8.93. The molecule has 0 saturated heterocycles. The molecule has 1 aromatic carbocycles. The fourth-order valence-corrected chi connectivity index (χ4v) is 6.07. The Hall–Kier alpha value is -2.65. The van der Waals surface area contributed by atoms with Gasteiger partial charge >= 0.3 is 6.09 Å². The number of aryl methyl sites for hydroxylation is 1. The summed E-state index contributed by atoms with van der Waals surface area (Å²) in [6, 6.07) is 9.50. The topological polar surface area (TPSA) is 101 Å². The Bertz CT molecular complexity index is 1130. The average Bonchev–Trinajstić information content (AvgIpc) is 3.28. The van der Waals surface area contributed by atoms with Crippen molar-refractivity contribution in [3.8, 4) is 11.1 Å². The predicted octanol–water partition coefficient (Wildman–Crippen LogP) is 4.38. The fraction of sp³-hybridized carbons (Fsp3) is 0.333. The van der Waals surface area contributed by atoms with Gasteiger partial charge in [-0.05, 0) is 29.5 Å². The van der Waals surface area contributed by atoms with E-state index in [0.29, 0.717) is 18.0 Å². The maximum absolute atomic E-state index is 12.6. The van der Waals surface area contributed by atoms with E-state index < -0.39 is 16.1 Å². The molecule has 0 atom stereocenters. The van der Waals surface area contributed by atoms with Crippen LogP contribution < -0.4 is 4.72 Å². The third kappa shape index (κ3) is 5.09.